The van der Waals surface area contributed by atoms with Crippen LogP contribution >= 0.6 is 0 Å². The second kappa shape index (κ2) is 6.29. The zero-order chi connectivity index (χ0) is 14.7. The van der Waals surface area contributed by atoms with Gasteiger partial charge in [-0.2, -0.15) is 0 Å². The second-order valence-corrected chi connectivity index (χ2v) is 5.98. The summed E-state index contributed by atoms with van der Waals surface area (Å²) in [6, 6.07) is 7.98. The van der Waals surface area contributed by atoms with Gasteiger partial charge in [0.2, 0.25) is 11.8 Å². The quantitative estimate of drug-likeness (QED) is 0.926. The number of carbonyl (C=O) groups is 2. The van der Waals surface area contributed by atoms with Gasteiger partial charge in [-0.05, 0) is 30.9 Å². The number of rotatable bonds is 3. The molecule has 0 atom stereocenters. The molecule has 0 spiro atoms. The summed E-state index contributed by atoms with van der Waals surface area (Å²) in [5.41, 5.74) is 2.21. The molecule has 1 aliphatic heterocycles. The van der Waals surface area contributed by atoms with Crippen LogP contribution in [0.1, 0.15) is 37.7 Å². The molecule has 0 bridgehead atoms. The third-order valence-electron chi connectivity index (χ3n) is 4.58. The van der Waals surface area contributed by atoms with E-state index in [1.807, 2.05) is 18.2 Å². The molecule has 1 heterocycles. The molecule has 112 valence electrons. The summed E-state index contributed by atoms with van der Waals surface area (Å²) in [4.78, 5) is 26.2. The molecule has 0 saturated heterocycles. The Hall–Kier alpha value is -1.84. The number of hydrogen-bond acceptors (Lipinski definition) is 2. The number of benzene rings is 1. The summed E-state index contributed by atoms with van der Waals surface area (Å²) in [6.45, 7) is 0.834. The van der Waals surface area contributed by atoms with E-state index >= 15 is 0 Å². The van der Waals surface area contributed by atoms with Crippen LogP contribution in [0.4, 0.5) is 5.69 Å². The Morgan fingerprint density at radius 3 is 2.71 bits per heavy atom. The highest BCUT2D eigenvalue weighted by molar-refractivity contribution is 5.98. The van der Waals surface area contributed by atoms with Crippen LogP contribution in [0, 0.1) is 5.92 Å². The van der Waals surface area contributed by atoms with Gasteiger partial charge in [-0.3, -0.25) is 9.59 Å². The number of carbonyl (C=O) groups excluding carboxylic acids is 2. The van der Waals surface area contributed by atoms with E-state index in [9.17, 15) is 9.59 Å². The van der Waals surface area contributed by atoms with E-state index in [2.05, 4.69) is 11.4 Å². The largest absolute Gasteiger partial charge is 0.347 e. The zero-order valence-electron chi connectivity index (χ0n) is 12.3. The van der Waals surface area contributed by atoms with E-state index in [1.165, 1.54) is 12.0 Å². The van der Waals surface area contributed by atoms with Crippen molar-refractivity contribution in [2.24, 2.45) is 5.92 Å². The van der Waals surface area contributed by atoms with Gasteiger partial charge in [0.05, 0.1) is 6.54 Å². The number of hydrogen-bond donors (Lipinski definition) is 1. The Balaban J connectivity index is 1.54. The lowest BCUT2D eigenvalue weighted by Crippen LogP contribution is -2.41. The predicted molar refractivity (Wildman–Crippen MR) is 82.1 cm³/mol. The van der Waals surface area contributed by atoms with E-state index in [0.717, 1.165) is 44.3 Å². The molecule has 21 heavy (non-hydrogen) atoms. The molecule has 4 heteroatoms. The Morgan fingerprint density at radius 1 is 1.14 bits per heavy atom. The van der Waals surface area contributed by atoms with Crippen molar-refractivity contribution in [3.63, 3.8) is 0 Å². The van der Waals surface area contributed by atoms with Crippen molar-refractivity contribution in [1.82, 2.24) is 5.32 Å². The highest BCUT2D eigenvalue weighted by Crippen LogP contribution is 2.27. The first-order chi connectivity index (χ1) is 10.3. The monoisotopic (exact) mass is 286 g/mol. The minimum atomic E-state index is -0.0101. The molecule has 2 amide bonds. The van der Waals surface area contributed by atoms with Gasteiger partial charge < -0.3 is 10.2 Å². The van der Waals surface area contributed by atoms with Gasteiger partial charge in [0.25, 0.3) is 0 Å². The first-order valence-electron chi connectivity index (χ1n) is 7.91. The van der Waals surface area contributed by atoms with Gasteiger partial charge in [-0.25, -0.2) is 0 Å². The average molecular weight is 286 g/mol. The lowest BCUT2D eigenvalue weighted by molar-refractivity contribution is -0.128. The van der Waals surface area contributed by atoms with Crippen molar-refractivity contribution in [1.29, 1.82) is 0 Å². The van der Waals surface area contributed by atoms with Crippen LogP contribution in [-0.2, 0) is 16.0 Å². The summed E-state index contributed by atoms with van der Waals surface area (Å²) in [6.07, 6.45) is 6.32. The van der Waals surface area contributed by atoms with Crippen molar-refractivity contribution < 1.29 is 9.59 Å². The van der Waals surface area contributed by atoms with Gasteiger partial charge >= 0.3 is 0 Å². The van der Waals surface area contributed by atoms with E-state index in [4.69, 9.17) is 0 Å². The Kier molecular flexibility index (Phi) is 4.23. The number of nitrogens with one attached hydrogen (secondary N) is 1. The molecule has 1 aromatic rings. The van der Waals surface area contributed by atoms with Crippen molar-refractivity contribution >= 4 is 17.5 Å². The van der Waals surface area contributed by atoms with Gasteiger partial charge in [-0.1, -0.05) is 37.5 Å². The standard InChI is InChI=1S/C17H22N2O2/c20-16(12-18-17(21)14-7-2-1-3-8-14)19-11-10-13-6-4-5-9-15(13)19/h4-6,9,14H,1-3,7-8,10-12H2,(H,18,21). The van der Waals surface area contributed by atoms with Crippen LogP contribution in [-0.4, -0.2) is 24.9 Å². The van der Waals surface area contributed by atoms with Gasteiger partial charge in [0.15, 0.2) is 0 Å². The van der Waals surface area contributed by atoms with E-state index < -0.39 is 0 Å². The maximum absolute atomic E-state index is 12.3. The average Bonchev–Trinajstić information content (AvgIpc) is 2.97. The normalized spacial score (nSPS) is 18.4. The van der Waals surface area contributed by atoms with E-state index in [1.54, 1.807) is 4.90 Å². The molecule has 0 unspecified atom stereocenters. The van der Waals surface area contributed by atoms with Crippen LogP contribution in [0.25, 0.3) is 0 Å². The Labute approximate surface area is 125 Å². The maximum Gasteiger partial charge on any atom is 0.246 e. The SMILES string of the molecule is O=C(NCC(=O)N1CCc2ccccc21)C1CCCCC1. The van der Waals surface area contributed by atoms with E-state index in [0.29, 0.717) is 0 Å². The lowest BCUT2D eigenvalue weighted by Gasteiger charge is -2.22. The van der Waals surface area contributed by atoms with Crippen molar-refractivity contribution in [2.45, 2.75) is 38.5 Å². The van der Waals surface area contributed by atoms with Crippen molar-refractivity contribution in [3.05, 3.63) is 29.8 Å². The summed E-state index contributed by atoms with van der Waals surface area (Å²) in [5, 5.41) is 2.83. The summed E-state index contributed by atoms with van der Waals surface area (Å²) in [5.74, 6) is 0.150. The molecular formula is C17H22N2O2. The second-order valence-electron chi connectivity index (χ2n) is 5.98. The van der Waals surface area contributed by atoms with Crippen LogP contribution in [0.5, 0.6) is 0 Å². The molecule has 0 aromatic heterocycles. The number of anilines is 1. The smallest absolute Gasteiger partial charge is 0.246 e. The number of fused-ring (bicyclic) bond motifs is 1. The number of nitrogens with zero attached hydrogens (tertiary/aromatic N) is 1. The maximum atomic E-state index is 12.3. The molecule has 1 N–H and O–H groups in total. The number of para-hydroxylation sites is 1. The molecule has 3 rings (SSSR count). The third-order valence-corrected chi connectivity index (χ3v) is 4.58. The molecule has 4 nitrogen and oxygen atoms in total. The minimum absolute atomic E-state index is 0.0101. The summed E-state index contributed by atoms with van der Waals surface area (Å²) < 4.78 is 0. The van der Waals surface area contributed by atoms with Crippen molar-refractivity contribution in [2.75, 3.05) is 18.0 Å². The molecule has 1 fully saturated rings. The summed E-state index contributed by atoms with van der Waals surface area (Å²) in [7, 11) is 0. The molecule has 1 aliphatic carbocycles. The molecule has 1 saturated carbocycles. The molecular weight excluding hydrogens is 264 g/mol. The summed E-state index contributed by atoms with van der Waals surface area (Å²) >= 11 is 0. The fourth-order valence-electron chi connectivity index (χ4n) is 3.36. The Morgan fingerprint density at radius 2 is 1.90 bits per heavy atom. The minimum Gasteiger partial charge on any atom is -0.347 e. The third kappa shape index (κ3) is 3.09. The van der Waals surface area contributed by atoms with Gasteiger partial charge in [0, 0.05) is 18.2 Å². The van der Waals surface area contributed by atoms with Gasteiger partial charge in [0.1, 0.15) is 0 Å². The van der Waals surface area contributed by atoms with Crippen LogP contribution in [0.2, 0.25) is 0 Å². The van der Waals surface area contributed by atoms with E-state index in [-0.39, 0.29) is 24.3 Å². The van der Waals surface area contributed by atoms with Crippen LogP contribution in [0.3, 0.4) is 0 Å². The highest BCUT2D eigenvalue weighted by atomic mass is 16.2. The topological polar surface area (TPSA) is 49.4 Å². The zero-order valence-corrected chi connectivity index (χ0v) is 12.3. The lowest BCUT2D eigenvalue weighted by atomic mass is 9.89. The highest BCUT2D eigenvalue weighted by Gasteiger charge is 2.26. The molecule has 2 aliphatic rings. The van der Waals surface area contributed by atoms with Crippen molar-refractivity contribution in [3.8, 4) is 0 Å². The fourth-order valence-corrected chi connectivity index (χ4v) is 3.36. The first kappa shape index (κ1) is 14.1. The first-order valence-corrected chi connectivity index (χ1v) is 7.91. The molecule has 0 radical (unpaired) electrons. The number of amides is 2. The Bertz CT molecular complexity index is 535. The predicted octanol–water partition coefficient (Wildman–Crippen LogP) is 2.27. The van der Waals surface area contributed by atoms with Gasteiger partial charge in [-0.15, -0.1) is 0 Å². The van der Waals surface area contributed by atoms with Crippen LogP contribution < -0.4 is 10.2 Å². The molecule has 1 aromatic carbocycles. The van der Waals surface area contributed by atoms with Crippen LogP contribution in [0.15, 0.2) is 24.3 Å². The fraction of sp³-hybridized carbons (Fsp3) is 0.529.